The van der Waals surface area contributed by atoms with Crippen LogP contribution in [-0.4, -0.2) is 36.1 Å². The highest BCUT2D eigenvalue weighted by molar-refractivity contribution is 5.63. The van der Waals surface area contributed by atoms with E-state index in [4.69, 9.17) is 0 Å². The Balaban J connectivity index is 1.61. The normalized spacial score (nSPS) is 18.3. The van der Waals surface area contributed by atoms with E-state index >= 15 is 0 Å². The molecular formula is C16H20N4. The lowest BCUT2D eigenvalue weighted by Gasteiger charge is -2.26. The Morgan fingerprint density at radius 3 is 2.80 bits per heavy atom. The van der Waals surface area contributed by atoms with Gasteiger partial charge in [-0.15, -0.1) is 0 Å². The lowest BCUT2D eigenvalue weighted by Crippen LogP contribution is -2.44. The van der Waals surface area contributed by atoms with E-state index in [1.165, 1.54) is 36.0 Å². The van der Waals surface area contributed by atoms with E-state index in [1.807, 2.05) is 6.20 Å². The predicted molar refractivity (Wildman–Crippen MR) is 81.1 cm³/mol. The fourth-order valence-electron chi connectivity index (χ4n) is 3.23. The Morgan fingerprint density at radius 2 is 1.90 bits per heavy atom. The number of benzene rings is 1. The molecule has 1 aliphatic carbocycles. The number of hydrogen-bond acceptors (Lipinski definition) is 3. The number of anilines is 1. The summed E-state index contributed by atoms with van der Waals surface area (Å²) in [4.78, 5) is 10.3. The zero-order valence-electron chi connectivity index (χ0n) is 11.7. The lowest BCUT2D eigenvalue weighted by molar-refractivity contribution is 0.581. The number of imidazole rings is 1. The Morgan fingerprint density at radius 1 is 1.05 bits per heavy atom. The molecule has 2 aliphatic rings. The summed E-state index contributed by atoms with van der Waals surface area (Å²) in [5.74, 6) is 1.00. The lowest BCUT2D eigenvalue weighted by atomic mass is 10.1. The van der Waals surface area contributed by atoms with Crippen LogP contribution in [0.25, 0.3) is 11.3 Å². The van der Waals surface area contributed by atoms with Crippen molar-refractivity contribution >= 4 is 5.95 Å². The van der Waals surface area contributed by atoms with Crippen molar-refractivity contribution in [3.63, 3.8) is 0 Å². The fraction of sp³-hybridized carbons (Fsp3) is 0.438. The van der Waals surface area contributed by atoms with E-state index in [2.05, 4.69) is 38.4 Å². The summed E-state index contributed by atoms with van der Waals surface area (Å²) in [6, 6.07) is 6.83. The highest BCUT2D eigenvalue weighted by Crippen LogP contribution is 2.28. The molecular weight excluding hydrogens is 248 g/mol. The first-order chi connectivity index (χ1) is 9.90. The quantitative estimate of drug-likeness (QED) is 0.875. The molecule has 0 saturated carbocycles. The molecule has 2 aromatic rings. The summed E-state index contributed by atoms with van der Waals surface area (Å²) < 4.78 is 0. The SMILES string of the molecule is c1cc2c(cc1-c1cnc(N3CCNCC3)[nH]1)CCC2. The van der Waals surface area contributed by atoms with Crippen LogP contribution in [0.5, 0.6) is 0 Å². The number of H-pyrrole nitrogens is 1. The minimum atomic E-state index is 1.00. The Bertz CT molecular complexity index is 611. The molecule has 0 amide bonds. The van der Waals surface area contributed by atoms with Gasteiger partial charge in [0.05, 0.1) is 11.9 Å². The van der Waals surface area contributed by atoms with Gasteiger partial charge in [-0.25, -0.2) is 4.98 Å². The molecule has 4 rings (SSSR count). The van der Waals surface area contributed by atoms with Crippen LogP contribution in [0, 0.1) is 0 Å². The number of aromatic nitrogens is 2. The van der Waals surface area contributed by atoms with Gasteiger partial charge >= 0.3 is 0 Å². The Labute approximate surface area is 119 Å². The van der Waals surface area contributed by atoms with Gasteiger partial charge in [0.1, 0.15) is 0 Å². The Hall–Kier alpha value is -1.81. The van der Waals surface area contributed by atoms with Crippen molar-refractivity contribution < 1.29 is 0 Å². The number of nitrogens with one attached hydrogen (secondary N) is 2. The van der Waals surface area contributed by atoms with Gasteiger partial charge in [0, 0.05) is 26.2 Å². The van der Waals surface area contributed by atoms with Crippen LogP contribution in [0.4, 0.5) is 5.95 Å². The molecule has 1 aromatic heterocycles. The summed E-state index contributed by atoms with van der Waals surface area (Å²) in [7, 11) is 0. The van der Waals surface area contributed by atoms with Crippen LogP contribution in [0.2, 0.25) is 0 Å². The maximum Gasteiger partial charge on any atom is 0.203 e. The minimum absolute atomic E-state index is 1.00. The maximum atomic E-state index is 4.55. The average Bonchev–Trinajstić information content (AvgIpc) is 3.16. The topological polar surface area (TPSA) is 44.0 Å². The third kappa shape index (κ3) is 2.10. The number of nitrogens with zero attached hydrogens (tertiary/aromatic N) is 2. The van der Waals surface area contributed by atoms with E-state index in [1.54, 1.807) is 0 Å². The summed E-state index contributed by atoms with van der Waals surface area (Å²) in [5.41, 5.74) is 5.43. The zero-order valence-corrected chi connectivity index (χ0v) is 11.7. The van der Waals surface area contributed by atoms with Crippen LogP contribution < -0.4 is 10.2 Å². The number of fused-ring (bicyclic) bond motifs is 1. The molecule has 2 heterocycles. The first-order valence-corrected chi connectivity index (χ1v) is 7.53. The molecule has 0 atom stereocenters. The standard InChI is InChI=1S/C16H20N4/c1-2-12-4-5-14(10-13(12)3-1)15-11-18-16(19-15)20-8-6-17-7-9-20/h4-5,10-11,17H,1-3,6-9H2,(H,18,19). The smallest absolute Gasteiger partial charge is 0.203 e. The highest BCUT2D eigenvalue weighted by atomic mass is 15.3. The molecule has 20 heavy (non-hydrogen) atoms. The van der Waals surface area contributed by atoms with Crippen molar-refractivity contribution in [2.24, 2.45) is 0 Å². The van der Waals surface area contributed by atoms with E-state index in [-0.39, 0.29) is 0 Å². The van der Waals surface area contributed by atoms with E-state index < -0.39 is 0 Å². The molecule has 0 bridgehead atoms. The largest absolute Gasteiger partial charge is 0.340 e. The van der Waals surface area contributed by atoms with Gasteiger partial charge in [-0.3, -0.25) is 0 Å². The van der Waals surface area contributed by atoms with Gasteiger partial charge in [0.2, 0.25) is 5.95 Å². The van der Waals surface area contributed by atoms with Crippen molar-refractivity contribution in [3.05, 3.63) is 35.5 Å². The molecule has 4 nitrogen and oxygen atoms in total. The van der Waals surface area contributed by atoms with Gasteiger partial charge < -0.3 is 15.2 Å². The van der Waals surface area contributed by atoms with Gasteiger partial charge in [-0.2, -0.15) is 0 Å². The highest BCUT2D eigenvalue weighted by Gasteiger charge is 2.15. The molecule has 1 aromatic carbocycles. The van der Waals surface area contributed by atoms with Crippen molar-refractivity contribution in [2.75, 3.05) is 31.1 Å². The minimum Gasteiger partial charge on any atom is -0.340 e. The summed E-state index contributed by atoms with van der Waals surface area (Å²) in [6.07, 6.45) is 5.73. The van der Waals surface area contributed by atoms with Crippen LogP contribution >= 0.6 is 0 Å². The van der Waals surface area contributed by atoms with Gasteiger partial charge in [0.25, 0.3) is 0 Å². The van der Waals surface area contributed by atoms with Crippen LogP contribution in [0.1, 0.15) is 17.5 Å². The van der Waals surface area contributed by atoms with Gasteiger partial charge in [-0.05, 0) is 42.0 Å². The molecule has 2 N–H and O–H groups in total. The molecule has 1 aliphatic heterocycles. The van der Waals surface area contributed by atoms with Crippen LogP contribution in [0.15, 0.2) is 24.4 Å². The van der Waals surface area contributed by atoms with Gasteiger partial charge in [0.15, 0.2) is 0 Å². The average molecular weight is 268 g/mol. The monoisotopic (exact) mass is 268 g/mol. The van der Waals surface area contributed by atoms with E-state index in [9.17, 15) is 0 Å². The number of hydrogen-bond donors (Lipinski definition) is 2. The second-order valence-electron chi connectivity index (χ2n) is 5.69. The molecule has 0 radical (unpaired) electrons. The van der Waals surface area contributed by atoms with Crippen molar-refractivity contribution in [1.29, 1.82) is 0 Å². The second-order valence-corrected chi connectivity index (χ2v) is 5.69. The molecule has 1 saturated heterocycles. The van der Waals surface area contributed by atoms with Gasteiger partial charge in [-0.1, -0.05) is 12.1 Å². The number of aromatic amines is 1. The molecule has 104 valence electrons. The first kappa shape index (κ1) is 12.0. The number of aryl methyl sites for hydroxylation is 2. The summed E-state index contributed by atoms with van der Waals surface area (Å²) in [5, 5.41) is 3.37. The number of piperazine rings is 1. The third-order valence-electron chi connectivity index (χ3n) is 4.39. The van der Waals surface area contributed by atoms with E-state index in [0.29, 0.717) is 0 Å². The maximum absolute atomic E-state index is 4.55. The summed E-state index contributed by atoms with van der Waals surface area (Å²) >= 11 is 0. The van der Waals surface area contributed by atoms with Crippen molar-refractivity contribution in [2.45, 2.75) is 19.3 Å². The number of rotatable bonds is 2. The second kappa shape index (κ2) is 4.94. The summed E-state index contributed by atoms with van der Waals surface area (Å²) in [6.45, 7) is 4.12. The predicted octanol–water partition coefficient (Wildman–Crippen LogP) is 1.97. The Kier molecular flexibility index (Phi) is 2.96. The molecule has 0 unspecified atom stereocenters. The molecule has 4 heteroatoms. The van der Waals surface area contributed by atoms with Crippen LogP contribution in [-0.2, 0) is 12.8 Å². The van der Waals surface area contributed by atoms with Crippen LogP contribution in [0.3, 0.4) is 0 Å². The van der Waals surface area contributed by atoms with E-state index in [0.717, 1.165) is 37.8 Å². The zero-order chi connectivity index (χ0) is 13.4. The van der Waals surface area contributed by atoms with Crippen molar-refractivity contribution in [1.82, 2.24) is 15.3 Å². The van der Waals surface area contributed by atoms with Crippen molar-refractivity contribution in [3.8, 4) is 11.3 Å². The third-order valence-corrected chi connectivity index (χ3v) is 4.39. The molecule has 0 spiro atoms. The molecule has 1 fully saturated rings. The fourth-order valence-corrected chi connectivity index (χ4v) is 3.23. The first-order valence-electron chi connectivity index (χ1n) is 7.53.